The molecular formula is C14H18N2OS. The number of carbonyl (C=O) groups is 1. The van der Waals surface area contributed by atoms with Crippen molar-refractivity contribution in [2.45, 2.75) is 38.6 Å². The van der Waals surface area contributed by atoms with E-state index in [-0.39, 0.29) is 5.91 Å². The van der Waals surface area contributed by atoms with Gasteiger partial charge in [-0.25, -0.2) is 0 Å². The van der Waals surface area contributed by atoms with Gasteiger partial charge in [0.05, 0.1) is 9.58 Å². The summed E-state index contributed by atoms with van der Waals surface area (Å²) in [6.07, 6.45) is 9.11. The highest BCUT2D eigenvalue weighted by atomic mass is 32.1. The molecule has 2 aromatic rings. The van der Waals surface area contributed by atoms with Crippen LogP contribution in [-0.2, 0) is 0 Å². The van der Waals surface area contributed by atoms with Crippen LogP contribution in [0.1, 0.15) is 48.3 Å². The number of nitrogens with zero attached hydrogens (tertiary/aromatic N) is 1. The lowest BCUT2D eigenvalue weighted by atomic mass is 10.3. The SMILES string of the molecule is CCCCNC(=O)c1cc2cn(C3CC3)cc2s1. The van der Waals surface area contributed by atoms with Gasteiger partial charge in [-0.05, 0) is 25.3 Å². The van der Waals surface area contributed by atoms with Gasteiger partial charge in [-0.2, -0.15) is 0 Å². The summed E-state index contributed by atoms with van der Waals surface area (Å²) in [5.74, 6) is 0.0719. The molecule has 4 heteroatoms. The average Bonchev–Trinajstić information content (AvgIpc) is 3.00. The summed E-state index contributed by atoms with van der Waals surface area (Å²) in [7, 11) is 0. The molecule has 0 aromatic carbocycles. The second-order valence-electron chi connectivity index (χ2n) is 4.98. The number of unbranched alkanes of at least 4 members (excludes halogenated alkanes) is 1. The van der Waals surface area contributed by atoms with Crippen molar-refractivity contribution in [1.29, 1.82) is 0 Å². The largest absolute Gasteiger partial charge is 0.351 e. The Labute approximate surface area is 111 Å². The van der Waals surface area contributed by atoms with Gasteiger partial charge in [0.2, 0.25) is 0 Å². The van der Waals surface area contributed by atoms with Gasteiger partial charge in [0.15, 0.2) is 0 Å². The lowest BCUT2D eigenvalue weighted by Gasteiger charge is -2.01. The molecule has 96 valence electrons. The Kier molecular flexibility index (Phi) is 3.12. The first kappa shape index (κ1) is 11.8. The maximum absolute atomic E-state index is 11.9. The fourth-order valence-electron chi connectivity index (χ4n) is 2.12. The second-order valence-corrected chi connectivity index (χ2v) is 6.06. The second kappa shape index (κ2) is 4.76. The fourth-order valence-corrected chi connectivity index (χ4v) is 3.11. The summed E-state index contributed by atoms with van der Waals surface area (Å²) < 4.78 is 3.52. The van der Waals surface area contributed by atoms with Gasteiger partial charge in [-0.3, -0.25) is 4.79 Å². The number of aromatic nitrogens is 1. The van der Waals surface area contributed by atoms with Gasteiger partial charge in [0, 0.05) is 30.4 Å². The van der Waals surface area contributed by atoms with E-state index in [4.69, 9.17) is 0 Å². The summed E-state index contributed by atoms with van der Waals surface area (Å²) in [5, 5.41) is 4.17. The highest BCUT2D eigenvalue weighted by molar-refractivity contribution is 7.20. The van der Waals surface area contributed by atoms with Crippen LogP contribution in [0.15, 0.2) is 18.5 Å². The minimum atomic E-state index is 0.0719. The van der Waals surface area contributed by atoms with Crippen LogP contribution in [0.5, 0.6) is 0 Å². The standard InChI is InChI=1S/C14H18N2OS/c1-2-3-6-15-14(17)12-7-10-8-16(11-4-5-11)9-13(10)18-12/h7-9,11H,2-6H2,1H3,(H,15,17). The van der Waals surface area contributed by atoms with Crippen LogP contribution in [0.25, 0.3) is 10.1 Å². The van der Waals surface area contributed by atoms with Crippen molar-refractivity contribution in [3.8, 4) is 0 Å². The molecule has 3 rings (SSSR count). The van der Waals surface area contributed by atoms with Gasteiger partial charge >= 0.3 is 0 Å². The molecule has 1 aliphatic rings. The third-order valence-electron chi connectivity index (χ3n) is 3.35. The summed E-state index contributed by atoms with van der Waals surface area (Å²) in [4.78, 5) is 12.7. The van der Waals surface area contributed by atoms with Crippen LogP contribution < -0.4 is 5.32 Å². The molecule has 1 aliphatic carbocycles. The number of carbonyl (C=O) groups excluding carboxylic acids is 1. The molecule has 0 saturated heterocycles. The molecule has 0 aliphatic heterocycles. The van der Waals surface area contributed by atoms with Crippen molar-refractivity contribution in [1.82, 2.24) is 9.88 Å². The van der Waals surface area contributed by atoms with E-state index < -0.39 is 0 Å². The zero-order valence-electron chi connectivity index (χ0n) is 10.6. The summed E-state index contributed by atoms with van der Waals surface area (Å²) >= 11 is 1.60. The predicted molar refractivity (Wildman–Crippen MR) is 75.3 cm³/mol. The third kappa shape index (κ3) is 2.29. The quantitative estimate of drug-likeness (QED) is 0.821. The number of thiophene rings is 1. The topological polar surface area (TPSA) is 34.0 Å². The molecule has 2 aromatic heterocycles. The van der Waals surface area contributed by atoms with Crippen molar-refractivity contribution in [3.63, 3.8) is 0 Å². The molecule has 2 heterocycles. The summed E-state index contributed by atoms with van der Waals surface area (Å²) in [5.41, 5.74) is 0. The Hall–Kier alpha value is -1.29. The van der Waals surface area contributed by atoms with E-state index >= 15 is 0 Å². The van der Waals surface area contributed by atoms with Crippen LogP contribution in [0, 0.1) is 0 Å². The number of hydrogen-bond acceptors (Lipinski definition) is 2. The Morgan fingerprint density at radius 1 is 1.50 bits per heavy atom. The Bertz CT molecular complexity index is 534. The molecule has 1 saturated carbocycles. The Morgan fingerprint density at radius 3 is 3.00 bits per heavy atom. The number of hydrogen-bond donors (Lipinski definition) is 1. The van der Waals surface area contributed by atoms with E-state index in [0.29, 0.717) is 6.04 Å². The summed E-state index contributed by atoms with van der Waals surface area (Å²) in [6.45, 7) is 2.90. The van der Waals surface area contributed by atoms with E-state index in [0.717, 1.165) is 24.3 Å². The van der Waals surface area contributed by atoms with Crippen LogP contribution in [0.3, 0.4) is 0 Å². The predicted octanol–water partition coefficient (Wildman–Crippen LogP) is 3.57. The molecule has 0 spiro atoms. The minimum Gasteiger partial charge on any atom is -0.351 e. The lowest BCUT2D eigenvalue weighted by molar-refractivity contribution is 0.0957. The molecule has 3 nitrogen and oxygen atoms in total. The zero-order valence-corrected chi connectivity index (χ0v) is 11.4. The van der Waals surface area contributed by atoms with E-state index in [9.17, 15) is 4.79 Å². The van der Waals surface area contributed by atoms with Gasteiger partial charge in [0.25, 0.3) is 5.91 Å². The fraction of sp³-hybridized carbons (Fsp3) is 0.500. The van der Waals surface area contributed by atoms with Gasteiger partial charge in [0.1, 0.15) is 0 Å². The minimum absolute atomic E-state index is 0.0719. The highest BCUT2D eigenvalue weighted by Crippen LogP contribution is 2.38. The molecular weight excluding hydrogens is 244 g/mol. The Morgan fingerprint density at radius 2 is 2.33 bits per heavy atom. The third-order valence-corrected chi connectivity index (χ3v) is 4.44. The molecule has 0 radical (unpaired) electrons. The van der Waals surface area contributed by atoms with Crippen LogP contribution in [0.2, 0.25) is 0 Å². The smallest absolute Gasteiger partial charge is 0.261 e. The molecule has 0 atom stereocenters. The first-order valence-corrected chi connectivity index (χ1v) is 7.49. The maximum Gasteiger partial charge on any atom is 0.261 e. The number of nitrogens with one attached hydrogen (secondary N) is 1. The molecule has 1 fully saturated rings. The summed E-state index contributed by atoms with van der Waals surface area (Å²) in [6, 6.07) is 2.73. The van der Waals surface area contributed by atoms with E-state index in [1.54, 1.807) is 11.3 Å². The van der Waals surface area contributed by atoms with Crippen molar-refractivity contribution >= 4 is 27.3 Å². The molecule has 0 unspecified atom stereocenters. The first-order valence-electron chi connectivity index (χ1n) is 6.67. The van der Waals surface area contributed by atoms with E-state index in [2.05, 4.69) is 29.2 Å². The first-order chi connectivity index (χ1) is 8.78. The highest BCUT2D eigenvalue weighted by Gasteiger charge is 2.23. The lowest BCUT2D eigenvalue weighted by Crippen LogP contribution is -2.23. The monoisotopic (exact) mass is 262 g/mol. The molecule has 0 bridgehead atoms. The van der Waals surface area contributed by atoms with Crippen molar-refractivity contribution in [3.05, 3.63) is 23.3 Å². The van der Waals surface area contributed by atoms with Gasteiger partial charge in [-0.15, -0.1) is 11.3 Å². The normalized spacial score (nSPS) is 15.2. The van der Waals surface area contributed by atoms with Crippen molar-refractivity contribution in [2.75, 3.05) is 6.54 Å². The number of rotatable bonds is 5. The van der Waals surface area contributed by atoms with Crippen molar-refractivity contribution < 1.29 is 4.79 Å². The van der Waals surface area contributed by atoms with E-state index in [1.165, 1.54) is 22.9 Å². The van der Waals surface area contributed by atoms with Crippen LogP contribution in [-0.4, -0.2) is 17.0 Å². The van der Waals surface area contributed by atoms with Crippen LogP contribution >= 0.6 is 11.3 Å². The molecule has 18 heavy (non-hydrogen) atoms. The van der Waals surface area contributed by atoms with Gasteiger partial charge in [-0.1, -0.05) is 13.3 Å². The Balaban J connectivity index is 1.72. The van der Waals surface area contributed by atoms with Crippen molar-refractivity contribution in [2.24, 2.45) is 0 Å². The average molecular weight is 262 g/mol. The van der Waals surface area contributed by atoms with Crippen LogP contribution in [0.4, 0.5) is 0 Å². The maximum atomic E-state index is 11.9. The van der Waals surface area contributed by atoms with E-state index in [1.807, 2.05) is 6.07 Å². The molecule has 1 amide bonds. The molecule has 1 N–H and O–H groups in total. The van der Waals surface area contributed by atoms with Gasteiger partial charge < -0.3 is 9.88 Å². The zero-order chi connectivity index (χ0) is 12.5. The number of amides is 1. The number of fused-ring (bicyclic) bond motifs is 1.